The Morgan fingerprint density at radius 2 is 2.11 bits per heavy atom. The van der Waals surface area contributed by atoms with Crippen LogP contribution >= 0.6 is 0 Å². The summed E-state index contributed by atoms with van der Waals surface area (Å²) in [6, 6.07) is 2.65. The number of carbonyl (C=O) groups is 2. The van der Waals surface area contributed by atoms with Gasteiger partial charge in [0.2, 0.25) is 5.76 Å². The fraction of sp³-hybridized carbons (Fsp3) is 0.538. The second-order valence-electron chi connectivity index (χ2n) is 4.77. The molecule has 3 N–H and O–H groups in total. The van der Waals surface area contributed by atoms with E-state index in [9.17, 15) is 9.59 Å². The average Bonchev–Trinajstić information content (AvgIpc) is 3.07. The first-order valence-electron chi connectivity index (χ1n) is 6.49. The molecule has 0 radical (unpaired) electrons. The van der Waals surface area contributed by atoms with Gasteiger partial charge in [-0.3, -0.25) is 0 Å². The van der Waals surface area contributed by atoms with Crippen LogP contribution in [0.2, 0.25) is 0 Å². The largest absolute Gasteiger partial charge is 0.475 e. The molecule has 0 saturated heterocycles. The number of carboxylic acids is 1. The standard InChI is InChI=1S/C13H18N2O4/c16-12(17)11-6-5-10(19-11)8-15-13(18)14-7-1-2-9-3-4-9/h5-6,9H,1-4,7-8H2,(H,16,17)(H2,14,15,18). The summed E-state index contributed by atoms with van der Waals surface area (Å²) in [4.78, 5) is 22.0. The first-order valence-corrected chi connectivity index (χ1v) is 6.49. The molecule has 1 aliphatic carbocycles. The van der Waals surface area contributed by atoms with Crippen molar-refractivity contribution in [2.45, 2.75) is 32.2 Å². The molecular weight excluding hydrogens is 248 g/mol. The van der Waals surface area contributed by atoms with Gasteiger partial charge in [-0.2, -0.15) is 0 Å². The predicted molar refractivity (Wildman–Crippen MR) is 67.9 cm³/mol. The number of carboxylic acid groups (broad SMARTS) is 1. The van der Waals surface area contributed by atoms with E-state index in [4.69, 9.17) is 9.52 Å². The maximum Gasteiger partial charge on any atom is 0.371 e. The van der Waals surface area contributed by atoms with Crippen molar-refractivity contribution in [3.63, 3.8) is 0 Å². The molecule has 6 nitrogen and oxygen atoms in total. The van der Waals surface area contributed by atoms with Crippen molar-refractivity contribution in [3.05, 3.63) is 23.7 Å². The van der Waals surface area contributed by atoms with E-state index in [2.05, 4.69) is 10.6 Å². The number of amides is 2. The van der Waals surface area contributed by atoms with E-state index in [0.29, 0.717) is 12.3 Å². The SMILES string of the molecule is O=C(NCCCC1CC1)NCc1ccc(C(=O)O)o1. The first kappa shape index (κ1) is 13.5. The van der Waals surface area contributed by atoms with E-state index < -0.39 is 5.97 Å². The molecule has 0 atom stereocenters. The third-order valence-electron chi connectivity index (χ3n) is 3.07. The Morgan fingerprint density at radius 3 is 2.74 bits per heavy atom. The van der Waals surface area contributed by atoms with Crippen LogP contribution in [0.1, 0.15) is 42.0 Å². The lowest BCUT2D eigenvalue weighted by atomic mass is 10.2. The summed E-state index contributed by atoms with van der Waals surface area (Å²) in [5, 5.41) is 14.1. The highest BCUT2D eigenvalue weighted by Crippen LogP contribution is 2.33. The lowest BCUT2D eigenvalue weighted by Crippen LogP contribution is -2.35. The topological polar surface area (TPSA) is 91.6 Å². The lowest BCUT2D eigenvalue weighted by Gasteiger charge is -2.05. The van der Waals surface area contributed by atoms with Crippen molar-refractivity contribution in [2.24, 2.45) is 5.92 Å². The van der Waals surface area contributed by atoms with E-state index in [0.717, 1.165) is 12.3 Å². The van der Waals surface area contributed by atoms with Gasteiger partial charge in [0.05, 0.1) is 6.54 Å². The highest BCUT2D eigenvalue weighted by atomic mass is 16.4. The molecule has 1 saturated carbocycles. The van der Waals surface area contributed by atoms with Gasteiger partial charge in [0.15, 0.2) is 0 Å². The zero-order chi connectivity index (χ0) is 13.7. The Balaban J connectivity index is 1.60. The Labute approximate surface area is 111 Å². The summed E-state index contributed by atoms with van der Waals surface area (Å²) in [6.07, 6.45) is 4.84. The van der Waals surface area contributed by atoms with Gasteiger partial charge in [0, 0.05) is 6.54 Å². The first-order chi connectivity index (χ1) is 9.15. The summed E-state index contributed by atoms with van der Waals surface area (Å²) in [5.74, 6) is 0.0605. The molecule has 1 fully saturated rings. The van der Waals surface area contributed by atoms with Gasteiger partial charge in [-0.15, -0.1) is 0 Å². The molecule has 2 rings (SSSR count). The normalized spacial score (nSPS) is 14.1. The van der Waals surface area contributed by atoms with Crippen molar-refractivity contribution in [1.29, 1.82) is 0 Å². The third kappa shape index (κ3) is 4.65. The van der Waals surface area contributed by atoms with Crippen LogP contribution in [0.3, 0.4) is 0 Å². The molecule has 19 heavy (non-hydrogen) atoms. The molecule has 0 bridgehead atoms. The fourth-order valence-corrected chi connectivity index (χ4v) is 1.82. The van der Waals surface area contributed by atoms with E-state index in [1.807, 2.05) is 0 Å². The summed E-state index contributed by atoms with van der Waals surface area (Å²) in [5.41, 5.74) is 0. The third-order valence-corrected chi connectivity index (χ3v) is 3.07. The lowest BCUT2D eigenvalue weighted by molar-refractivity contribution is 0.0660. The van der Waals surface area contributed by atoms with Crippen LogP contribution in [-0.2, 0) is 6.54 Å². The van der Waals surface area contributed by atoms with Crippen LogP contribution < -0.4 is 10.6 Å². The van der Waals surface area contributed by atoms with Crippen LogP contribution in [0.5, 0.6) is 0 Å². The van der Waals surface area contributed by atoms with Gasteiger partial charge >= 0.3 is 12.0 Å². The average molecular weight is 266 g/mol. The molecule has 104 valence electrons. The molecule has 0 aliphatic heterocycles. The highest BCUT2D eigenvalue weighted by molar-refractivity contribution is 5.84. The number of hydrogen-bond acceptors (Lipinski definition) is 3. The molecule has 0 unspecified atom stereocenters. The van der Waals surface area contributed by atoms with Gasteiger partial charge in [0.25, 0.3) is 0 Å². The zero-order valence-corrected chi connectivity index (χ0v) is 10.6. The summed E-state index contributed by atoms with van der Waals surface area (Å²) in [6.45, 7) is 0.850. The summed E-state index contributed by atoms with van der Waals surface area (Å²) >= 11 is 0. The molecule has 1 aromatic rings. The minimum absolute atomic E-state index is 0.123. The number of aromatic carboxylic acids is 1. The summed E-state index contributed by atoms with van der Waals surface area (Å²) < 4.78 is 5.02. The van der Waals surface area contributed by atoms with Crippen LogP contribution in [-0.4, -0.2) is 23.7 Å². The smallest absolute Gasteiger partial charge is 0.371 e. The number of hydrogen-bond donors (Lipinski definition) is 3. The number of nitrogens with one attached hydrogen (secondary N) is 2. The molecular formula is C13H18N2O4. The zero-order valence-electron chi connectivity index (χ0n) is 10.6. The van der Waals surface area contributed by atoms with Crippen LogP contribution in [0.4, 0.5) is 4.79 Å². The van der Waals surface area contributed by atoms with Crippen LogP contribution in [0.15, 0.2) is 16.5 Å². The van der Waals surface area contributed by atoms with E-state index in [1.165, 1.54) is 31.4 Å². The molecule has 1 aliphatic rings. The quantitative estimate of drug-likeness (QED) is 0.658. The van der Waals surface area contributed by atoms with Crippen molar-refractivity contribution in [2.75, 3.05) is 6.54 Å². The Kier molecular flexibility index (Phi) is 4.43. The number of furan rings is 1. The molecule has 1 heterocycles. The van der Waals surface area contributed by atoms with Gasteiger partial charge in [-0.05, 0) is 30.9 Å². The van der Waals surface area contributed by atoms with Gasteiger partial charge in [-0.25, -0.2) is 9.59 Å². The number of urea groups is 1. The maximum absolute atomic E-state index is 11.4. The second kappa shape index (κ2) is 6.26. The van der Waals surface area contributed by atoms with Crippen molar-refractivity contribution in [3.8, 4) is 0 Å². The van der Waals surface area contributed by atoms with Crippen molar-refractivity contribution >= 4 is 12.0 Å². The van der Waals surface area contributed by atoms with Crippen LogP contribution in [0, 0.1) is 5.92 Å². The summed E-state index contributed by atoms with van der Waals surface area (Å²) in [7, 11) is 0. The van der Waals surface area contributed by atoms with Crippen molar-refractivity contribution in [1.82, 2.24) is 10.6 Å². The van der Waals surface area contributed by atoms with E-state index >= 15 is 0 Å². The number of carbonyl (C=O) groups excluding carboxylic acids is 1. The van der Waals surface area contributed by atoms with Crippen LogP contribution in [0.25, 0.3) is 0 Å². The molecule has 0 aromatic carbocycles. The predicted octanol–water partition coefficient (Wildman–Crippen LogP) is 1.97. The Hall–Kier alpha value is -1.98. The maximum atomic E-state index is 11.4. The van der Waals surface area contributed by atoms with E-state index in [-0.39, 0.29) is 18.3 Å². The second-order valence-corrected chi connectivity index (χ2v) is 4.77. The van der Waals surface area contributed by atoms with E-state index in [1.54, 1.807) is 0 Å². The van der Waals surface area contributed by atoms with Crippen molar-refractivity contribution < 1.29 is 19.1 Å². The highest BCUT2D eigenvalue weighted by Gasteiger charge is 2.20. The monoisotopic (exact) mass is 266 g/mol. The van der Waals surface area contributed by atoms with Gasteiger partial charge < -0.3 is 20.2 Å². The minimum atomic E-state index is -1.12. The van der Waals surface area contributed by atoms with Gasteiger partial charge in [0.1, 0.15) is 5.76 Å². The molecule has 6 heteroatoms. The molecule has 0 spiro atoms. The Bertz CT molecular complexity index is 451. The van der Waals surface area contributed by atoms with Gasteiger partial charge in [-0.1, -0.05) is 12.8 Å². The minimum Gasteiger partial charge on any atom is -0.475 e. The fourth-order valence-electron chi connectivity index (χ4n) is 1.82. The number of rotatable bonds is 7. The molecule has 1 aromatic heterocycles. The Morgan fingerprint density at radius 1 is 1.32 bits per heavy atom. The molecule has 2 amide bonds.